The SMILES string of the molecule is CC/C=C\C/C=C\C/C=C\C/C=C\C/C=C\C/C=C\CCC(=O)N[C@@H](CCCCNC(=O)/C=C/C(=O)OCC)C(=O)O. The van der Waals surface area contributed by atoms with Gasteiger partial charge in [0.05, 0.1) is 6.61 Å². The van der Waals surface area contributed by atoms with Crippen LogP contribution >= 0.6 is 0 Å². The molecule has 1 atom stereocenters. The predicted octanol–water partition coefficient (Wildman–Crippen LogP) is 6.44. The Hall–Kier alpha value is -3.94. The van der Waals surface area contributed by atoms with Gasteiger partial charge in [-0.3, -0.25) is 9.59 Å². The van der Waals surface area contributed by atoms with Crippen LogP contribution in [0.3, 0.4) is 0 Å². The first kappa shape index (κ1) is 38.1. The molecular weight excluding hydrogens is 532 g/mol. The zero-order valence-corrected chi connectivity index (χ0v) is 25.3. The molecule has 0 fully saturated rings. The first-order valence-corrected chi connectivity index (χ1v) is 14.9. The van der Waals surface area contributed by atoms with Crippen LogP contribution in [0.5, 0.6) is 0 Å². The maximum atomic E-state index is 12.1. The number of aliphatic carboxylic acids is 1. The molecule has 0 saturated heterocycles. The number of rotatable bonds is 24. The number of allylic oxidation sites excluding steroid dienone is 12. The van der Waals surface area contributed by atoms with Gasteiger partial charge in [0, 0.05) is 25.1 Å². The molecule has 0 spiro atoms. The number of ether oxygens (including phenoxy) is 1. The van der Waals surface area contributed by atoms with Crippen LogP contribution in [0.1, 0.15) is 84.5 Å². The van der Waals surface area contributed by atoms with Gasteiger partial charge >= 0.3 is 11.9 Å². The molecule has 0 bridgehead atoms. The van der Waals surface area contributed by atoms with E-state index in [0.29, 0.717) is 25.8 Å². The lowest BCUT2D eigenvalue weighted by Crippen LogP contribution is -2.40. The van der Waals surface area contributed by atoms with Gasteiger partial charge in [-0.15, -0.1) is 0 Å². The first-order valence-electron chi connectivity index (χ1n) is 14.9. The average molecular weight is 583 g/mol. The average Bonchev–Trinajstić information content (AvgIpc) is 2.96. The highest BCUT2D eigenvalue weighted by molar-refractivity contribution is 5.94. The van der Waals surface area contributed by atoms with Crippen LogP contribution in [0, 0.1) is 0 Å². The number of hydrogen-bond acceptors (Lipinski definition) is 5. The molecule has 3 N–H and O–H groups in total. The Morgan fingerprint density at radius 3 is 1.74 bits per heavy atom. The highest BCUT2D eigenvalue weighted by Gasteiger charge is 2.18. The second-order valence-corrected chi connectivity index (χ2v) is 9.28. The molecule has 0 aliphatic rings. The second kappa shape index (κ2) is 28.6. The molecular formula is C34H50N2O6. The van der Waals surface area contributed by atoms with Crippen LogP contribution in [0.25, 0.3) is 0 Å². The van der Waals surface area contributed by atoms with E-state index in [1.54, 1.807) is 6.92 Å². The predicted molar refractivity (Wildman–Crippen MR) is 170 cm³/mol. The van der Waals surface area contributed by atoms with E-state index in [9.17, 15) is 24.3 Å². The van der Waals surface area contributed by atoms with Crippen LogP contribution in [0.4, 0.5) is 0 Å². The highest BCUT2D eigenvalue weighted by atomic mass is 16.5. The van der Waals surface area contributed by atoms with Crippen molar-refractivity contribution in [1.29, 1.82) is 0 Å². The minimum atomic E-state index is -1.08. The maximum absolute atomic E-state index is 12.1. The summed E-state index contributed by atoms with van der Waals surface area (Å²) in [5.74, 6) is -2.41. The minimum absolute atomic E-state index is 0.217. The summed E-state index contributed by atoms with van der Waals surface area (Å²) < 4.78 is 4.69. The number of hydrogen-bond donors (Lipinski definition) is 3. The monoisotopic (exact) mass is 582 g/mol. The van der Waals surface area contributed by atoms with E-state index < -0.39 is 23.9 Å². The lowest BCUT2D eigenvalue weighted by atomic mass is 10.1. The summed E-state index contributed by atoms with van der Waals surface area (Å²) in [5.41, 5.74) is 0. The van der Waals surface area contributed by atoms with Crippen LogP contribution < -0.4 is 10.6 Å². The quantitative estimate of drug-likeness (QED) is 0.0521. The summed E-state index contributed by atoms with van der Waals surface area (Å²) >= 11 is 0. The molecule has 232 valence electrons. The molecule has 0 aromatic heterocycles. The van der Waals surface area contributed by atoms with Gasteiger partial charge in [0.15, 0.2) is 0 Å². The molecule has 0 aromatic carbocycles. The molecule has 0 heterocycles. The summed E-state index contributed by atoms with van der Waals surface area (Å²) in [6.45, 7) is 4.37. The third kappa shape index (κ3) is 26.3. The Morgan fingerprint density at radius 2 is 1.24 bits per heavy atom. The molecule has 0 saturated carbocycles. The molecule has 8 heteroatoms. The van der Waals surface area contributed by atoms with Crippen LogP contribution in [0.2, 0.25) is 0 Å². The molecule has 0 unspecified atom stereocenters. The van der Waals surface area contributed by atoms with Crippen molar-refractivity contribution in [2.75, 3.05) is 13.2 Å². The van der Waals surface area contributed by atoms with E-state index in [2.05, 4.69) is 83.1 Å². The van der Waals surface area contributed by atoms with Gasteiger partial charge < -0.3 is 20.5 Å². The maximum Gasteiger partial charge on any atom is 0.330 e. The standard InChI is InChI=1S/C34H50N2O6/c1-3-5-6-7-8-9-10-11-12-13-14-15-16-17-18-19-20-21-22-26-32(38)36-30(34(40)41)25-23-24-29-35-31(37)27-28-33(39)42-4-2/h5-6,8-9,11-12,14-15,17-18,20-21,27-28,30H,3-4,7,10,13,16,19,22-26,29H2,1-2H3,(H,35,37)(H,36,38)(H,40,41)/b6-5-,9-8-,12-11-,15-14-,18-17-,21-20-,28-27+/t30-/m0/s1. The normalized spacial score (nSPS) is 13.0. The summed E-state index contributed by atoms with van der Waals surface area (Å²) in [5, 5.41) is 14.6. The third-order valence-electron chi connectivity index (χ3n) is 5.64. The molecule has 0 aromatic rings. The minimum Gasteiger partial charge on any atom is -0.480 e. The Balaban J connectivity index is 3.97. The van der Waals surface area contributed by atoms with Gasteiger partial charge in [0.1, 0.15) is 6.04 Å². The molecule has 0 rings (SSSR count). The van der Waals surface area contributed by atoms with Crippen molar-refractivity contribution in [3.8, 4) is 0 Å². The Labute approximate surface area is 252 Å². The summed E-state index contributed by atoms with van der Waals surface area (Å²) in [6, 6.07) is -0.970. The third-order valence-corrected chi connectivity index (χ3v) is 5.64. The van der Waals surface area contributed by atoms with Crippen molar-refractivity contribution in [3.05, 3.63) is 85.1 Å². The van der Waals surface area contributed by atoms with Crippen molar-refractivity contribution < 1.29 is 29.0 Å². The smallest absolute Gasteiger partial charge is 0.330 e. The molecule has 0 aliphatic heterocycles. The lowest BCUT2D eigenvalue weighted by Gasteiger charge is -2.14. The zero-order chi connectivity index (χ0) is 31.1. The van der Waals surface area contributed by atoms with Gasteiger partial charge in [-0.1, -0.05) is 79.8 Å². The number of amides is 2. The second-order valence-electron chi connectivity index (χ2n) is 9.28. The fourth-order valence-electron chi connectivity index (χ4n) is 3.46. The summed E-state index contributed by atoms with van der Waals surface area (Å²) in [6.07, 6.45) is 35.3. The summed E-state index contributed by atoms with van der Waals surface area (Å²) in [7, 11) is 0. The van der Waals surface area contributed by atoms with Crippen molar-refractivity contribution in [1.82, 2.24) is 10.6 Å². The van der Waals surface area contributed by atoms with E-state index in [1.807, 2.05) is 12.2 Å². The molecule has 8 nitrogen and oxygen atoms in total. The molecule has 2 amide bonds. The fourth-order valence-corrected chi connectivity index (χ4v) is 3.46. The highest BCUT2D eigenvalue weighted by Crippen LogP contribution is 2.03. The number of nitrogens with one attached hydrogen (secondary N) is 2. The van der Waals surface area contributed by atoms with Gasteiger partial charge in [0.25, 0.3) is 0 Å². The first-order chi connectivity index (χ1) is 20.4. The van der Waals surface area contributed by atoms with E-state index in [1.165, 1.54) is 0 Å². The van der Waals surface area contributed by atoms with Crippen molar-refractivity contribution in [3.63, 3.8) is 0 Å². The molecule has 42 heavy (non-hydrogen) atoms. The van der Waals surface area contributed by atoms with Crippen molar-refractivity contribution >= 4 is 23.8 Å². The van der Waals surface area contributed by atoms with Crippen molar-refractivity contribution in [2.24, 2.45) is 0 Å². The number of carbonyl (C=O) groups excluding carboxylic acids is 3. The Bertz CT molecular complexity index is 973. The number of carbonyl (C=O) groups is 4. The van der Waals surface area contributed by atoms with Gasteiger partial charge in [-0.05, 0) is 71.1 Å². The van der Waals surface area contributed by atoms with Crippen LogP contribution in [-0.4, -0.2) is 48.1 Å². The number of carboxylic acid groups (broad SMARTS) is 1. The van der Waals surface area contributed by atoms with Gasteiger partial charge in [0.2, 0.25) is 11.8 Å². The Morgan fingerprint density at radius 1 is 0.714 bits per heavy atom. The van der Waals surface area contributed by atoms with E-state index >= 15 is 0 Å². The largest absolute Gasteiger partial charge is 0.480 e. The Kier molecular flexibility index (Phi) is 25.9. The van der Waals surface area contributed by atoms with Crippen LogP contribution in [0.15, 0.2) is 85.1 Å². The molecule has 0 aliphatic carbocycles. The van der Waals surface area contributed by atoms with Crippen LogP contribution in [-0.2, 0) is 23.9 Å². The number of unbranched alkanes of at least 4 members (excludes halogenated alkanes) is 1. The zero-order valence-electron chi connectivity index (χ0n) is 25.3. The number of esters is 1. The number of carboxylic acids is 1. The van der Waals surface area contributed by atoms with E-state index in [-0.39, 0.29) is 25.4 Å². The lowest BCUT2D eigenvalue weighted by molar-refractivity contribution is -0.142. The van der Waals surface area contributed by atoms with Gasteiger partial charge in [-0.25, -0.2) is 9.59 Å². The fraction of sp³-hybridized carbons (Fsp3) is 0.471. The topological polar surface area (TPSA) is 122 Å². The summed E-state index contributed by atoms with van der Waals surface area (Å²) in [4.78, 5) is 46.5. The molecule has 0 radical (unpaired) electrons. The van der Waals surface area contributed by atoms with E-state index in [4.69, 9.17) is 0 Å². The van der Waals surface area contributed by atoms with Gasteiger partial charge in [-0.2, -0.15) is 0 Å². The van der Waals surface area contributed by atoms with Crippen molar-refractivity contribution in [2.45, 2.75) is 90.5 Å². The van der Waals surface area contributed by atoms with E-state index in [0.717, 1.165) is 50.7 Å².